The van der Waals surface area contributed by atoms with Crippen LogP contribution in [0.15, 0.2) is 24.5 Å². The minimum absolute atomic E-state index is 0.166. The molecule has 2 atom stereocenters. The van der Waals surface area contributed by atoms with Gasteiger partial charge in [-0.1, -0.05) is 26.0 Å². The number of carbonyl (C=O) groups excluding carboxylic acids is 1. The van der Waals surface area contributed by atoms with Crippen molar-refractivity contribution in [2.24, 2.45) is 5.92 Å². The number of hydrogen-bond donors (Lipinski definition) is 2. The molecular formula is C18H24FN5O. The highest BCUT2D eigenvalue weighted by atomic mass is 19.1. The average Bonchev–Trinajstić information content (AvgIpc) is 3.05. The molecule has 0 unspecified atom stereocenters. The van der Waals surface area contributed by atoms with E-state index in [2.05, 4.69) is 27.8 Å². The Morgan fingerprint density at radius 2 is 2.28 bits per heavy atom. The summed E-state index contributed by atoms with van der Waals surface area (Å²) in [5.41, 5.74) is 1.61. The molecule has 6 nitrogen and oxygen atoms in total. The predicted molar refractivity (Wildman–Crippen MR) is 92.6 cm³/mol. The molecule has 0 fully saturated rings. The van der Waals surface area contributed by atoms with Crippen molar-refractivity contribution in [1.82, 2.24) is 25.4 Å². The molecule has 0 spiro atoms. The van der Waals surface area contributed by atoms with Crippen molar-refractivity contribution < 1.29 is 9.18 Å². The second kappa shape index (κ2) is 7.63. The van der Waals surface area contributed by atoms with E-state index in [1.54, 1.807) is 12.4 Å². The van der Waals surface area contributed by atoms with E-state index in [9.17, 15) is 9.18 Å². The number of nitrogens with one attached hydrogen (secondary N) is 2. The zero-order valence-electron chi connectivity index (χ0n) is 14.6. The van der Waals surface area contributed by atoms with Gasteiger partial charge in [0.05, 0.1) is 6.04 Å². The van der Waals surface area contributed by atoms with Crippen molar-refractivity contribution in [2.45, 2.75) is 45.7 Å². The highest BCUT2D eigenvalue weighted by Gasteiger charge is 2.29. The maximum absolute atomic E-state index is 14.0. The first kappa shape index (κ1) is 17.4. The number of aromatic nitrogens is 3. The molecule has 1 aromatic heterocycles. The Balaban J connectivity index is 1.59. The van der Waals surface area contributed by atoms with Gasteiger partial charge in [0, 0.05) is 19.5 Å². The number of nitrogens with zero attached hydrogens (tertiary/aromatic N) is 3. The molecule has 0 bridgehead atoms. The van der Waals surface area contributed by atoms with Gasteiger partial charge in [-0.3, -0.25) is 0 Å². The van der Waals surface area contributed by atoms with Crippen LogP contribution in [0.25, 0.3) is 0 Å². The Morgan fingerprint density at radius 3 is 3.08 bits per heavy atom. The smallest absolute Gasteiger partial charge is 0.315 e. The highest BCUT2D eigenvalue weighted by molar-refractivity contribution is 5.74. The number of benzene rings is 1. The van der Waals surface area contributed by atoms with Crippen molar-refractivity contribution in [2.75, 3.05) is 6.54 Å². The van der Waals surface area contributed by atoms with Gasteiger partial charge in [-0.25, -0.2) is 9.18 Å². The van der Waals surface area contributed by atoms with Gasteiger partial charge in [0.1, 0.15) is 18.0 Å². The van der Waals surface area contributed by atoms with Crippen molar-refractivity contribution >= 4 is 6.03 Å². The Bertz CT molecular complexity index is 745. The van der Waals surface area contributed by atoms with Crippen LogP contribution in [0.3, 0.4) is 0 Å². The first-order valence-electron chi connectivity index (χ1n) is 8.78. The van der Waals surface area contributed by atoms with E-state index in [0.717, 1.165) is 36.2 Å². The third-order valence-electron chi connectivity index (χ3n) is 4.85. The average molecular weight is 345 g/mol. The van der Waals surface area contributed by atoms with Crippen LogP contribution in [0.5, 0.6) is 0 Å². The Kier molecular flexibility index (Phi) is 5.31. The third-order valence-corrected chi connectivity index (χ3v) is 4.85. The van der Waals surface area contributed by atoms with Gasteiger partial charge in [0.2, 0.25) is 0 Å². The molecule has 0 saturated carbocycles. The van der Waals surface area contributed by atoms with Gasteiger partial charge in [-0.15, -0.1) is 10.2 Å². The molecule has 1 aliphatic rings. The number of amides is 2. The third kappa shape index (κ3) is 3.81. The van der Waals surface area contributed by atoms with E-state index in [1.165, 1.54) is 6.07 Å². The summed E-state index contributed by atoms with van der Waals surface area (Å²) in [5.74, 6) is 0.980. The fraction of sp³-hybridized carbons (Fsp3) is 0.500. The predicted octanol–water partition coefficient (Wildman–Crippen LogP) is 2.60. The standard InChI is InChI=1S/C18H24FN5O/c1-3-16-23-21-11-24(16)10-9-20-18(25)22-17-12(2)7-8-13-14(17)5-4-6-15(13)19/h4-6,11-12,17H,3,7-10H2,1-2H3,(H2,20,22,25)/t12-,17+/m1/s1. The molecule has 0 aliphatic heterocycles. The van der Waals surface area contributed by atoms with Crippen molar-refractivity contribution in [3.05, 3.63) is 47.3 Å². The number of carbonyl (C=O) groups is 1. The Hall–Kier alpha value is -2.44. The zero-order valence-corrected chi connectivity index (χ0v) is 14.6. The van der Waals surface area contributed by atoms with Gasteiger partial charge in [-0.2, -0.15) is 0 Å². The molecule has 1 heterocycles. The van der Waals surface area contributed by atoms with Crippen LogP contribution in [0.4, 0.5) is 9.18 Å². The summed E-state index contributed by atoms with van der Waals surface area (Å²) in [4.78, 5) is 12.3. The lowest BCUT2D eigenvalue weighted by molar-refractivity contribution is 0.229. The van der Waals surface area contributed by atoms with E-state index in [1.807, 2.05) is 17.6 Å². The molecule has 2 N–H and O–H groups in total. The number of halogens is 1. The molecule has 2 amide bonds. The second-order valence-corrected chi connectivity index (χ2v) is 6.50. The van der Waals surface area contributed by atoms with Crippen LogP contribution in [-0.2, 0) is 19.4 Å². The molecule has 7 heteroatoms. The first-order chi connectivity index (χ1) is 12.1. The summed E-state index contributed by atoms with van der Waals surface area (Å²) >= 11 is 0. The summed E-state index contributed by atoms with van der Waals surface area (Å²) in [7, 11) is 0. The van der Waals surface area contributed by atoms with Crippen LogP contribution in [0.1, 0.15) is 43.3 Å². The van der Waals surface area contributed by atoms with E-state index in [4.69, 9.17) is 0 Å². The first-order valence-corrected chi connectivity index (χ1v) is 8.78. The van der Waals surface area contributed by atoms with E-state index < -0.39 is 0 Å². The van der Waals surface area contributed by atoms with Crippen LogP contribution < -0.4 is 10.6 Å². The minimum atomic E-state index is -0.236. The molecule has 2 aromatic rings. The fourth-order valence-electron chi connectivity index (χ4n) is 3.42. The van der Waals surface area contributed by atoms with Gasteiger partial charge < -0.3 is 15.2 Å². The van der Waals surface area contributed by atoms with Gasteiger partial charge in [-0.05, 0) is 36.0 Å². The van der Waals surface area contributed by atoms with Gasteiger partial charge in [0.15, 0.2) is 0 Å². The van der Waals surface area contributed by atoms with Crippen molar-refractivity contribution in [3.8, 4) is 0 Å². The van der Waals surface area contributed by atoms with E-state index >= 15 is 0 Å². The highest BCUT2D eigenvalue weighted by Crippen LogP contribution is 2.35. The summed E-state index contributed by atoms with van der Waals surface area (Å²) in [6.07, 6.45) is 4.05. The molecule has 134 valence electrons. The minimum Gasteiger partial charge on any atom is -0.336 e. The van der Waals surface area contributed by atoms with Crippen molar-refractivity contribution in [1.29, 1.82) is 0 Å². The van der Waals surface area contributed by atoms with Crippen LogP contribution >= 0.6 is 0 Å². The van der Waals surface area contributed by atoms with Crippen molar-refractivity contribution in [3.63, 3.8) is 0 Å². The largest absolute Gasteiger partial charge is 0.336 e. The molecule has 1 aromatic carbocycles. The second-order valence-electron chi connectivity index (χ2n) is 6.50. The lowest BCUT2D eigenvalue weighted by Crippen LogP contribution is -2.42. The Morgan fingerprint density at radius 1 is 1.44 bits per heavy atom. The van der Waals surface area contributed by atoms with E-state index in [0.29, 0.717) is 13.1 Å². The summed E-state index contributed by atoms with van der Waals surface area (Å²) in [6, 6.07) is 4.69. The number of hydrogen-bond acceptors (Lipinski definition) is 3. The van der Waals surface area contributed by atoms with Gasteiger partial charge in [0.25, 0.3) is 0 Å². The topological polar surface area (TPSA) is 71.8 Å². The van der Waals surface area contributed by atoms with Gasteiger partial charge >= 0.3 is 6.03 Å². The van der Waals surface area contributed by atoms with Crippen LogP contribution in [-0.4, -0.2) is 27.3 Å². The lowest BCUT2D eigenvalue weighted by Gasteiger charge is -2.32. The molecule has 3 rings (SSSR count). The van der Waals surface area contributed by atoms with E-state index in [-0.39, 0.29) is 23.8 Å². The molecular weight excluding hydrogens is 321 g/mol. The number of fused-ring (bicyclic) bond motifs is 1. The molecule has 0 radical (unpaired) electrons. The summed E-state index contributed by atoms with van der Waals surface area (Å²) < 4.78 is 15.9. The fourth-order valence-corrected chi connectivity index (χ4v) is 3.42. The normalized spacial score (nSPS) is 19.3. The number of rotatable bonds is 5. The maximum atomic E-state index is 14.0. The summed E-state index contributed by atoms with van der Waals surface area (Å²) in [6.45, 7) is 5.20. The number of urea groups is 1. The monoisotopic (exact) mass is 345 g/mol. The van der Waals surface area contributed by atoms with Crippen LogP contribution in [0, 0.1) is 11.7 Å². The number of aryl methyl sites for hydroxylation is 1. The zero-order chi connectivity index (χ0) is 17.8. The van der Waals surface area contributed by atoms with Crippen LogP contribution in [0.2, 0.25) is 0 Å². The summed E-state index contributed by atoms with van der Waals surface area (Å²) in [5, 5.41) is 13.8. The molecule has 0 saturated heterocycles. The SMILES string of the molecule is CCc1nncn1CCNC(=O)N[C@@H]1c2cccc(F)c2CC[C@H]1C. The Labute approximate surface area is 146 Å². The maximum Gasteiger partial charge on any atom is 0.315 e. The lowest BCUT2D eigenvalue weighted by atomic mass is 9.80. The molecule has 25 heavy (non-hydrogen) atoms. The quantitative estimate of drug-likeness (QED) is 0.875. The molecule has 1 aliphatic carbocycles.